The van der Waals surface area contributed by atoms with Crippen LogP contribution in [0.15, 0.2) is 64.7 Å². The van der Waals surface area contributed by atoms with Crippen molar-refractivity contribution in [3.63, 3.8) is 0 Å². The number of carbonyl (C=O) groups is 2. The van der Waals surface area contributed by atoms with Crippen LogP contribution in [0.25, 0.3) is 0 Å². The molecule has 0 aliphatic heterocycles. The number of allylic oxidation sites excluding steroid dienone is 1. The second-order valence-electron chi connectivity index (χ2n) is 7.03. The predicted molar refractivity (Wildman–Crippen MR) is 131 cm³/mol. The van der Waals surface area contributed by atoms with Crippen LogP contribution in [0.5, 0.6) is 0 Å². The molecule has 0 saturated carbocycles. The van der Waals surface area contributed by atoms with Gasteiger partial charge in [0, 0.05) is 22.3 Å². The Morgan fingerprint density at radius 2 is 1.88 bits per heavy atom. The summed E-state index contributed by atoms with van der Waals surface area (Å²) < 4.78 is 2.84. The zero-order valence-electron chi connectivity index (χ0n) is 17.9. The van der Waals surface area contributed by atoms with E-state index in [0.29, 0.717) is 23.1 Å². The highest BCUT2D eigenvalue weighted by atomic mass is 79.9. The van der Waals surface area contributed by atoms with Crippen molar-refractivity contribution < 1.29 is 9.59 Å². The third-order valence-electron chi connectivity index (χ3n) is 4.88. The number of anilines is 1. The number of rotatable bonds is 9. The molecule has 166 valence electrons. The molecule has 1 heterocycles. The molecule has 0 atom stereocenters. The molecular weight excluding hydrogens is 490 g/mol. The number of aromatic nitrogens is 3. The molecule has 3 aromatic rings. The van der Waals surface area contributed by atoms with E-state index in [0.717, 1.165) is 21.3 Å². The molecule has 0 spiro atoms. The first kappa shape index (κ1) is 23.7. The van der Waals surface area contributed by atoms with Gasteiger partial charge in [-0.25, -0.2) is 0 Å². The molecule has 0 aliphatic rings. The Morgan fingerprint density at radius 3 is 2.59 bits per heavy atom. The molecule has 3 rings (SSSR count). The smallest absolute Gasteiger partial charge is 0.251 e. The fourth-order valence-corrected chi connectivity index (χ4v) is 4.16. The number of thioether (sulfide) groups is 1. The van der Waals surface area contributed by atoms with Crippen LogP contribution in [0.2, 0.25) is 0 Å². The molecule has 0 unspecified atom stereocenters. The lowest BCUT2D eigenvalue weighted by atomic mass is 10.1. The van der Waals surface area contributed by atoms with Gasteiger partial charge in [-0.15, -0.1) is 16.8 Å². The quantitative estimate of drug-likeness (QED) is 0.324. The van der Waals surface area contributed by atoms with Gasteiger partial charge in [-0.2, -0.15) is 0 Å². The van der Waals surface area contributed by atoms with Gasteiger partial charge in [0.2, 0.25) is 5.91 Å². The van der Waals surface area contributed by atoms with E-state index in [2.05, 4.69) is 43.3 Å². The number of amides is 2. The minimum atomic E-state index is -0.188. The number of carbonyl (C=O) groups excluding carboxylic acids is 2. The van der Waals surface area contributed by atoms with Crippen LogP contribution in [-0.4, -0.2) is 32.3 Å². The molecule has 2 amide bonds. The van der Waals surface area contributed by atoms with E-state index in [-0.39, 0.29) is 24.1 Å². The number of nitrogens with zero attached hydrogens (tertiary/aromatic N) is 3. The minimum absolute atomic E-state index is 0.132. The van der Waals surface area contributed by atoms with E-state index in [9.17, 15) is 9.59 Å². The Labute approximate surface area is 199 Å². The zero-order chi connectivity index (χ0) is 23.1. The van der Waals surface area contributed by atoms with Crippen molar-refractivity contribution in [1.82, 2.24) is 20.1 Å². The number of nitrogens with one attached hydrogen (secondary N) is 2. The van der Waals surface area contributed by atoms with E-state index in [1.165, 1.54) is 11.8 Å². The number of halogens is 1. The summed E-state index contributed by atoms with van der Waals surface area (Å²) in [6.07, 6.45) is 1.73. The third kappa shape index (κ3) is 5.86. The van der Waals surface area contributed by atoms with Crippen molar-refractivity contribution in [2.75, 3.05) is 11.1 Å². The fraction of sp³-hybridized carbons (Fsp3) is 0.217. The van der Waals surface area contributed by atoms with E-state index in [1.54, 1.807) is 18.2 Å². The first-order valence-electron chi connectivity index (χ1n) is 9.95. The van der Waals surface area contributed by atoms with Crippen molar-refractivity contribution >= 4 is 45.2 Å². The van der Waals surface area contributed by atoms with E-state index >= 15 is 0 Å². The van der Waals surface area contributed by atoms with Crippen molar-refractivity contribution in [2.24, 2.45) is 0 Å². The molecular formula is C23H24BrN5O2S. The molecule has 0 bridgehead atoms. The topological polar surface area (TPSA) is 88.9 Å². The minimum Gasteiger partial charge on any atom is -0.345 e. The summed E-state index contributed by atoms with van der Waals surface area (Å²) in [5, 5.41) is 14.8. The molecule has 0 radical (unpaired) electrons. The van der Waals surface area contributed by atoms with Crippen LogP contribution in [0.1, 0.15) is 27.3 Å². The summed E-state index contributed by atoms with van der Waals surface area (Å²) in [5.74, 6) is 0.455. The lowest BCUT2D eigenvalue weighted by Crippen LogP contribution is -2.24. The molecule has 32 heavy (non-hydrogen) atoms. The van der Waals surface area contributed by atoms with Crippen LogP contribution < -0.4 is 10.6 Å². The maximum Gasteiger partial charge on any atom is 0.251 e. The summed E-state index contributed by atoms with van der Waals surface area (Å²) >= 11 is 4.79. The van der Waals surface area contributed by atoms with Gasteiger partial charge in [-0.1, -0.05) is 52.0 Å². The van der Waals surface area contributed by atoms with Gasteiger partial charge in [0.15, 0.2) is 11.0 Å². The molecule has 0 fully saturated rings. The summed E-state index contributed by atoms with van der Waals surface area (Å²) in [7, 11) is 0. The van der Waals surface area contributed by atoms with Crippen molar-refractivity contribution in [3.05, 3.63) is 82.1 Å². The lowest BCUT2D eigenvalue weighted by molar-refractivity contribution is -0.113. The highest BCUT2D eigenvalue weighted by molar-refractivity contribution is 9.10. The first-order valence-corrected chi connectivity index (χ1v) is 11.7. The molecule has 0 saturated heterocycles. The maximum absolute atomic E-state index is 12.5. The van der Waals surface area contributed by atoms with E-state index in [1.807, 2.05) is 48.7 Å². The van der Waals surface area contributed by atoms with Crippen LogP contribution in [0.4, 0.5) is 5.69 Å². The van der Waals surface area contributed by atoms with Gasteiger partial charge < -0.3 is 15.2 Å². The lowest BCUT2D eigenvalue weighted by Gasteiger charge is -2.12. The standard InChI is InChI=1S/C23H24BrN5O2S/c1-4-12-29-20(13-25-22(31)17-8-6-5-7-9-17)27-28-23(29)32-14-21(30)26-19-11-10-18(24)15(2)16(19)3/h4-11H,1,12-14H2,2-3H3,(H,25,31)(H,26,30). The Hall–Kier alpha value is -2.91. The molecule has 1 aromatic heterocycles. The van der Waals surface area contributed by atoms with Gasteiger partial charge in [-0.3, -0.25) is 9.59 Å². The average molecular weight is 514 g/mol. The molecule has 0 aliphatic carbocycles. The third-order valence-corrected chi connectivity index (χ3v) is 6.70. The molecule has 2 aromatic carbocycles. The van der Waals surface area contributed by atoms with Crippen LogP contribution in [0.3, 0.4) is 0 Å². The summed E-state index contributed by atoms with van der Waals surface area (Å²) in [4.78, 5) is 24.8. The largest absolute Gasteiger partial charge is 0.345 e. The maximum atomic E-state index is 12.5. The SMILES string of the molecule is C=CCn1c(CNC(=O)c2ccccc2)nnc1SCC(=O)Nc1ccc(Br)c(C)c1C. The normalized spacial score (nSPS) is 10.6. The van der Waals surface area contributed by atoms with Crippen LogP contribution >= 0.6 is 27.7 Å². The Balaban J connectivity index is 1.62. The number of hydrogen-bond donors (Lipinski definition) is 2. The van der Waals surface area contributed by atoms with Crippen molar-refractivity contribution in [3.8, 4) is 0 Å². The van der Waals surface area contributed by atoms with Crippen LogP contribution in [-0.2, 0) is 17.9 Å². The number of hydrogen-bond acceptors (Lipinski definition) is 5. The highest BCUT2D eigenvalue weighted by Gasteiger charge is 2.15. The van der Waals surface area contributed by atoms with Crippen molar-refractivity contribution in [1.29, 1.82) is 0 Å². The van der Waals surface area contributed by atoms with E-state index < -0.39 is 0 Å². The summed E-state index contributed by atoms with van der Waals surface area (Å²) in [6, 6.07) is 12.8. The Kier molecular flexibility index (Phi) is 8.24. The second-order valence-corrected chi connectivity index (χ2v) is 8.83. The molecule has 7 nitrogen and oxygen atoms in total. The van der Waals surface area contributed by atoms with Gasteiger partial charge in [0.25, 0.3) is 5.91 Å². The molecule has 2 N–H and O–H groups in total. The monoisotopic (exact) mass is 513 g/mol. The summed E-state index contributed by atoms with van der Waals surface area (Å²) in [5.41, 5.74) is 3.47. The van der Waals surface area contributed by atoms with Gasteiger partial charge >= 0.3 is 0 Å². The van der Waals surface area contributed by atoms with Gasteiger partial charge in [0.05, 0.1) is 12.3 Å². The second kappa shape index (κ2) is 11.1. The highest BCUT2D eigenvalue weighted by Crippen LogP contribution is 2.26. The van der Waals surface area contributed by atoms with Crippen molar-refractivity contribution in [2.45, 2.75) is 32.1 Å². The Morgan fingerprint density at radius 1 is 1.12 bits per heavy atom. The zero-order valence-corrected chi connectivity index (χ0v) is 20.3. The first-order chi connectivity index (χ1) is 15.4. The fourth-order valence-electron chi connectivity index (χ4n) is 2.96. The predicted octanol–water partition coefficient (Wildman–Crippen LogP) is 4.50. The van der Waals surface area contributed by atoms with Gasteiger partial charge in [-0.05, 0) is 49.2 Å². The average Bonchev–Trinajstić information content (AvgIpc) is 3.18. The van der Waals surface area contributed by atoms with Gasteiger partial charge in [0.1, 0.15) is 0 Å². The summed E-state index contributed by atoms with van der Waals surface area (Å²) in [6.45, 7) is 8.44. The van der Waals surface area contributed by atoms with E-state index in [4.69, 9.17) is 0 Å². The van der Waals surface area contributed by atoms with Crippen LogP contribution in [0, 0.1) is 13.8 Å². The Bertz CT molecular complexity index is 1130. The molecule has 9 heteroatoms. The number of benzene rings is 2.